The SMILES string of the molecule is COC(C)C(=O)N(Cc1ccc(-c2noc(C(F)(F)F)n2)cc1)OCc1ccc(Cl)cc1. The number of ether oxygens (including phenoxy) is 1. The fourth-order valence-electron chi connectivity index (χ4n) is 2.60. The lowest BCUT2D eigenvalue weighted by molar-refractivity contribution is -0.204. The standard InChI is InChI=1S/C21H19ClF3N3O4/c1-13(30-2)19(29)28(31-12-15-5-9-17(22)10-6-15)11-14-3-7-16(8-4-14)18-26-20(32-27-18)21(23,24)25/h3-10,13H,11-12H2,1-2H3. The summed E-state index contributed by atoms with van der Waals surface area (Å²) in [4.78, 5) is 21.7. The van der Waals surface area contributed by atoms with Crippen LogP contribution in [-0.4, -0.2) is 34.3 Å². The molecule has 2 aromatic carbocycles. The first-order valence-electron chi connectivity index (χ1n) is 9.39. The predicted molar refractivity (Wildman–Crippen MR) is 108 cm³/mol. The van der Waals surface area contributed by atoms with Crippen molar-refractivity contribution < 1.29 is 32.1 Å². The molecule has 1 atom stereocenters. The van der Waals surface area contributed by atoms with Gasteiger partial charge in [-0.05, 0) is 30.2 Å². The summed E-state index contributed by atoms with van der Waals surface area (Å²) in [5.74, 6) is -2.00. The van der Waals surface area contributed by atoms with Gasteiger partial charge in [0.25, 0.3) is 5.91 Å². The molecule has 32 heavy (non-hydrogen) atoms. The van der Waals surface area contributed by atoms with Crippen molar-refractivity contribution in [3.8, 4) is 11.4 Å². The van der Waals surface area contributed by atoms with Gasteiger partial charge in [0.05, 0.1) is 6.54 Å². The molecular weight excluding hydrogens is 451 g/mol. The highest BCUT2D eigenvalue weighted by Crippen LogP contribution is 2.29. The molecule has 0 aliphatic carbocycles. The second-order valence-corrected chi connectivity index (χ2v) is 7.21. The number of benzene rings is 2. The second-order valence-electron chi connectivity index (χ2n) is 6.77. The molecule has 1 amide bonds. The maximum Gasteiger partial charge on any atom is 0.471 e. The minimum atomic E-state index is -4.72. The maximum atomic E-state index is 12.7. The quantitative estimate of drug-likeness (QED) is 0.436. The zero-order valence-corrected chi connectivity index (χ0v) is 17.9. The molecule has 0 saturated carbocycles. The van der Waals surface area contributed by atoms with Gasteiger partial charge in [0, 0.05) is 17.7 Å². The van der Waals surface area contributed by atoms with Crippen molar-refractivity contribution in [3.05, 3.63) is 70.6 Å². The Hall–Kier alpha value is -2.95. The number of halogens is 4. The Morgan fingerprint density at radius 2 is 1.75 bits per heavy atom. The Morgan fingerprint density at radius 1 is 1.12 bits per heavy atom. The van der Waals surface area contributed by atoms with Crippen molar-refractivity contribution in [2.45, 2.75) is 32.4 Å². The maximum absolute atomic E-state index is 12.7. The number of hydroxylamine groups is 2. The molecule has 0 radical (unpaired) electrons. The van der Waals surface area contributed by atoms with Crippen LogP contribution in [0.4, 0.5) is 13.2 Å². The fraction of sp³-hybridized carbons (Fsp3) is 0.286. The number of hydrogen-bond donors (Lipinski definition) is 0. The summed E-state index contributed by atoms with van der Waals surface area (Å²) in [5.41, 5.74) is 1.81. The summed E-state index contributed by atoms with van der Waals surface area (Å²) in [6.07, 6.45) is -5.45. The number of aromatic nitrogens is 2. The summed E-state index contributed by atoms with van der Waals surface area (Å²) < 4.78 is 47.3. The topological polar surface area (TPSA) is 77.7 Å². The van der Waals surface area contributed by atoms with Gasteiger partial charge in [-0.25, -0.2) is 5.06 Å². The fourth-order valence-corrected chi connectivity index (χ4v) is 2.73. The summed E-state index contributed by atoms with van der Waals surface area (Å²) in [5, 5.41) is 5.11. The molecule has 0 saturated heterocycles. The number of carbonyl (C=O) groups is 1. The molecule has 7 nitrogen and oxygen atoms in total. The third-order valence-corrected chi connectivity index (χ3v) is 4.71. The largest absolute Gasteiger partial charge is 0.471 e. The molecule has 0 N–H and O–H groups in total. The lowest BCUT2D eigenvalue weighted by Gasteiger charge is -2.24. The van der Waals surface area contributed by atoms with Crippen LogP contribution < -0.4 is 0 Å². The van der Waals surface area contributed by atoms with Crippen LogP contribution in [0.3, 0.4) is 0 Å². The lowest BCUT2D eigenvalue weighted by atomic mass is 10.1. The van der Waals surface area contributed by atoms with Gasteiger partial charge in [-0.1, -0.05) is 53.2 Å². The van der Waals surface area contributed by atoms with E-state index in [1.807, 2.05) is 0 Å². The molecule has 0 bridgehead atoms. The van der Waals surface area contributed by atoms with Gasteiger partial charge >= 0.3 is 12.1 Å². The van der Waals surface area contributed by atoms with E-state index in [0.29, 0.717) is 16.1 Å². The minimum Gasteiger partial charge on any atom is -0.372 e. The highest BCUT2D eigenvalue weighted by Gasteiger charge is 2.38. The van der Waals surface area contributed by atoms with E-state index in [1.54, 1.807) is 43.3 Å². The smallest absolute Gasteiger partial charge is 0.372 e. The number of nitrogens with zero attached hydrogens (tertiary/aromatic N) is 3. The van der Waals surface area contributed by atoms with Crippen molar-refractivity contribution in [2.24, 2.45) is 0 Å². The van der Waals surface area contributed by atoms with Gasteiger partial charge < -0.3 is 9.26 Å². The Balaban J connectivity index is 1.72. The Kier molecular flexibility index (Phi) is 7.49. The Morgan fingerprint density at radius 3 is 2.31 bits per heavy atom. The van der Waals surface area contributed by atoms with Gasteiger partial charge in [0.2, 0.25) is 5.82 Å². The van der Waals surface area contributed by atoms with Crippen LogP contribution in [0.1, 0.15) is 23.9 Å². The van der Waals surface area contributed by atoms with E-state index in [0.717, 1.165) is 5.56 Å². The van der Waals surface area contributed by atoms with Gasteiger partial charge in [-0.15, -0.1) is 0 Å². The van der Waals surface area contributed by atoms with E-state index in [-0.39, 0.29) is 19.0 Å². The summed E-state index contributed by atoms with van der Waals surface area (Å²) in [7, 11) is 1.41. The first-order chi connectivity index (χ1) is 15.2. The number of hydrogen-bond acceptors (Lipinski definition) is 6. The molecule has 11 heteroatoms. The van der Waals surface area contributed by atoms with Crippen LogP contribution in [0.2, 0.25) is 5.02 Å². The van der Waals surface area contributed by atoms with Crippen molar-refractivity contribution in [1.29, 1.82) is 0 Å². The first kappa shape index (κ1) is 23.7. The molecule has 0 fully saturated rings. The average Bonchev–Trinajstić information content (AvgIpc) is 3.28. The minimum absolute atomic E-state index is 0.0838. The van der Waals surface area contributed by atoms with Crippen LogP contribution in [0.15, 0.2) is 53.1 Å². The molecule has 3 aromatic rings. The lowest BCUT2D eigenvalue weighted by Crippen LogP contribution is -2.38. The monoisotopic (exact) mass is 469 g/mol. The first-order valence-corrected chi connectivity index (χ1v) is 9.77. The van der Waals surface area contributed by atoms with E-state index in [9.17, 15) is 18.0 Å². The van der Waals surface area contributed by atoms with Crippen molar-refractivity contribution in [3.63, 3.8) is 0 Å². The summed E-state index contributed by atoms with van der Waals surface area (Å²) in [6.45, 7) is 1.81. The van der Waals surface area contributed by atoms with Crippen LogP contribution in [0.5, 0.6) is 0 Å². The number of amides is 1. The number of carbonyl (C=O) groups excluding carboxylic acids is 1. The van der Waals surface area contributed by atoms with Crippen LogP contribution in [0.25, 0.3) is 11.4 Å². The molecule has 1 aromatic heterocycles. The molecule has 170 valence electrons. The second kappa shape index (κ2) is 10.1. The zero-order chi connectivity index (χ0) is 23.3. The highest BCUT2D eigenvalue weighted by molar-refractivity contribution is 6.30. The molecule has 0 aliphatic rings. The van der Waals surface area contributed by atoms with E-state index >= 15 is 0 Å². The molecule has 1 unspecified atom stereocenters. The van der Waals surface area contributed by atoms with Crippen molar-refractivity contribution >= 4 is 17.5 Å². The van der Waals surface area contributed by atoms with Crippen LogP contribution in [0, 0.1) is 0 Å². The molecule has 0 spiro atoms. The summed E-state index contributed by atoms with van der Waals surface area (Å²) >= 11 is 5.88. The Labute approximate surface area is 186 Å². The molecule has 1 heterocycles. The van der Waals surface area contributed by atoms with E-state index < -0.39 is 24.1 Å². The highest BCUT2D eigenvalue weighted by atomic mass is 35.5. The third-order valence-electron chi connectivity index (χ3n) is 4.45. The van der Waals surface area contributed by atoms with Crippen LogP contribution in [-0.2, 0) is 33.7 Å². The average molecular weight is 470 g/mol. The Bertz CT molecular complexity index is 1040. The van der Waals surface area contributed by atoms with Gasteiger partial charge in [-0.3, -0.25) is 9.63 Å². The molecule has 0 aliphatic heterocycles. The van der Waals surface area contributed by atoms with Gasteiger partial charge in [0.15, 0.2) is 0 Å². The van der Waals surface area contributed by atoms with Crippen molar-refractivity contribution in [1.82, 2.24) is 15.2 Å². The normalized spacial score (nSPS) is 12.6. The van der Waals surface area contributed by atoms with E-state index in [2.05, 4.69) is 14.7 Å². The zero-order valence-electron chi connectivity index (χ0n) is 17.1. The van der Waals surface area contributed by atoms with Crippen molar-refractivity contribution in [2.75, 3.05) is 7.11 Å². The van der Waals surface area contributed by atoms with Gasteiger partial charge in [0.1, 0.15) is 12.7 Å². The summed E-state index contributed by atoms with van der Waals surface area (Å²) in [6, 6.07) is 13.3. The van der Waals surface area contributed by atoms with Gasteiger partial charge in [-0.2, -0.15) is 18.2 Å². The number of rotatable bonds is 8. The molecular formula is C21H19ClF3N3O4. The number of methoxy groups -OCH3 is 1. The predicted octanol–water partition coefficient (Wildman–Crippen LogP) is 4.90. The van der Waals surface area contributed by atoms with E-state index in [4.69, 9.17) is 21.2 Å². The molecule has 3 rings (SSSR count). The third kappa shape index (κ3) is 6.06. The number of alkyl halides is 3. The van der Waals surface area contributed by atoms with E-state index in [1.165, 1.54) is 24.3 Å². The van der Waals surface area contributed by atoms with Crippen LogP contribution >= 0.6 is 11.6 Å².